The first-order chi connectivity index (χ1) is 12.2. The Morgan fingerprint density at radius 1 is 1.12 bits per heavy atom. The number of hydrogen-bond donors (Lipinski definition) is 0. The van der Waals surface area contributed by atoms with Gasteiger partial charge in [-0.1, -0.05) is 18.2 Å². The molecule has 2 aliphatic heterocycles. The molecule has 0 saturated heterocycles. The molecule has 2 aromatic carbocycles. The van der Waals surface area contributed by atoms with Gasteiger partial charge in [0.2, 0.25) is 5.90 Å². The lowest BCUT2D eigenvalue weighted by atomic mass is 10.1. The molecule has 0 unspecified atom stereocenters. The quantitative estimate of drug-likeness (QED) is 0.638. The summed E-state index contributed by atoms with van der Waals surface area (Å²) < 4.78 is 16.1. The van der Waals surface area contributed by atoms with E-state index in [1.54, 1.807) is 37.5 Å². The number of carbonyl (C=O) groups is 1. The van der Waals surface area contributed by atoms with Gasteiger partial charge in [-0.25, -0.2) is 9.79 Å². The maximum absolute atomic E-state index is 12.1. The third-order valence-electron chi connectivity index (χ3n) is 3.93. The lowest BCUT2D eigenvalue weighted by Gasteiger charge is -2.15. The van der Waals surface area contributed by atoms with Crippen molar-refractivity contribution in [3.63, 3.8) is 0 Å². The molecular weight excluding hydrogens is 318 g/mol. The number of para-hydroxylation sites is 1. The van der Waals surface area contributed by atoms with Crippen molar-refractivity contribution in [3.05, 3.63) is 77.0 Å². The summed E-state index contributed by atoms with van der Waals surface area (Å²) in [5.41, 5.74) is 2.83. The summed E-state index contributed by atoms with van der Waals surface area (Å²) in [6, 6.07) is 14.9. The van der Waals surface area contributed by atoms with E-state index in [-0.39, 0.29) is 11.6 Å². The molecule has 124 valence electrons. The molecule has 5 heteroatoms. The van der Waals surface area contributed by atoms with Crippen molar-refractivity contribution in [2.75, 3.05) is 13.7 Å². The average molecular weight is 333 g/mol. The Bertz CT molecular complexity index is 923. The van der Waals surface area contributed by atoms with Crippen LogP contribution >= 0.6 is 0 Å². The lowest BCUT2D eigenvalue weighted by Crippen LogP contribution is -2.08. The topological polar surface area (TPSA) is 57.1 Å². The highest BCUT2D eigenvalue weighted by Crippen LogP contribution is 2.27. The van der Waals surface area contributed by atoms with Crippen LogP contribution in [0.4, 0.5) is 0 Å². The summed E-state index contributed by atoms with van der Waals surface area (Å²) in [6.07, 6.45) is 3.69. The largest absolute Gasteiger partial charge is 0.497 e. The Morgan fingerprint density at radius 2 is 1.92 bits per heavy atom. The smallest absolute Gasteiger partial charge is 0.363 e. The normalized spacial score (nSPS) is 17.3. The summed E-state index contributed by atoms with van der Waals surface area (Å²) in [5, 5.41) is 0. The first kappa shape index (κ1) is 15.2. The predicted molar refractivity (Wildman–Crippen MR) is 93.6 cm³/mol. The van der Waals surface area contributed by atoms with Crippen LogP contribution in [0.1, 0.15) is 11.1 Å². The Hall–Kier alpha value is -3.34. The van der Waals surface area contributed by atoms with E-state index in [1.165, 1.54) is 0 Å². The minimum atomic E-state index is -0.467. The first-order valence-corrected chi connectivity index (χ1v) is 7.82. The molecule has 0 aromatic heterocycles. The average Bonchev–Trinajstić information content (AvgIpc) is 3.02. The molecular formula is C20H15NO4. The van der Waals surface area contributed by atoms with Gasteiger partial charge in [-0.15, -0.1) is 0 Å². The number of esters is 1. The van der Waals surface area contributed by atoms with Gasteiger partial charge in [0.05, 0.1) is 7.11 Å². The van der Waals surface area contributed by atoms with Gasteiger partial charge < -0.3 is 14.2 Å². The van der Waals surface area contributed by atoms with E-state index in [9.17, 15) is 4.79 Å². The second-order valence-electron chi connectivity index (χ2n) is 5.61. The lowest BCUT2D eigenvalue weighted by molar-refractivity contribution is -0.130. The predicted octanol–water partition coefficient (Wildman–Crippen LogP) is 3.36. The fourth-order valence-corrected chi connectivity index (χ4v) is 2.66. The van der Waals surface area contributed by atoms with E-state index >= 15 is 0 Å². The van der Waals surface area contributed by atoms with Crippen molar-refractivity contribution in [2.24, 2.45) is 4.99 Å². The Labute approximate surface area is 144 Å². The third kappa shape index (κ3) is 3.04. The van der Waals surface area contributed by atoms with Gasteiger partial charge in [0.15, 0.2) is 5.70 Å². The van der Waals surface area contributed by atoms with Gasteiger partial charge in [0, 0.05) is 11.1 Å². The molecule has 2 heterocycles. The summed E-state index contributed by atoms with van der Waals surface area (Å²) >= 11 is 0. The van der Waals surface area contributed by atoms with Gasteiger partial charge >= 0.3 is 5.97 Å². The molecule has 0 fully saturated rings. The molecule has 5 nitrogen and oxygen atoms in total. The van der Waals surface area contributed by atoms with Gasteiger partial charge in [0.25, 0.3) is 0 Å². The van der Waals surface area contributed by atoms with Crippen LogP contribution in [0.25, 0.3) is 6.08 Å². The molecule has 0 N–H and O–H groups in total. The number of benzene rings is 2. The highest BCUT2D eigenvalue weighted by Gasteiger charge is 2.25. The monoisotopic (exact) mass is 333 g/mol. The van der Waals surface area contributed by atoms with E-state index in [4.69, 9.17) is 14.2 Å². The van der Waals surface area contributed by atoms with Crippen molar-refractivity contribution in [1.29, 1.82) is 0 Å². The van der Waals surface area contributed by atoms with E-state index in [2.05, 4.69) is 4.99 Å². The molecule has 0 aliphatic carbocycles. The summed E-state index contributed by atoms with van der Waals surface area (Å²) in [4.78, 5) is 16.4. The molecule has 0 atom stereocenters. The zero-order valence-corrected chi connectivity index (χ0v) is 13.6. The maximum Gasteiger partial charge on any atom is 0.363 e. The molecule has 0 radical (unpaired) electrons. The van der Waals surface area contributed by atoms with Crippen molar-refractivity contribution < 1.29 is 19.0 Å². The van der Waals surface area contributed by atoms with Crippen LogP contribution in [0.5, 0.6) is 11.5 Å². The van der Waals surface area contributed by atoms with Crippen molar-refractivity contribution in [2.45, 2.75) is 0 Å². The number of ether oxygens (including phenoxy) is 3. The van der Waals surface area contributed by atoms with E-state index in [1.807, 2.05) is 30.3 Å². The number of carbonyl (C=O) groups excluding carboxylic acids is 1. The molecule has 2 aliphatic rings. The zero-order valence-electron chi connectivity index (χ0n) is 13.6. The van der Waals surface area contributed by atoms with Gasteiger partial charge in [-0.2, -0.15) is 0 Å². The molecule has 0 amide bonds. The maximum atomic E-state index is 12.1. The number of hydrogen-bond acceptors (Lipinski definition) is 5. The fraction of sp³-hybridized carbons (Fsp3) is 0.100. The van der Waals surface area contributed by atoms with Crippen LogP contribution in [0.15, 0.2) is 70.9 Å². The minimum Gasteiger partial charge on any atom is -0.497 e. The molecule has 25 heavy (non-hydrogen) atoms. The summed E-state index contributed by atoms with van der Waals surface area (Å²) in [7, 11) is 1.60. The molecule has 0 saturated carbocycles. The highest BCUT2D eigenvalue weighted by molar-refractivity contribution is 6.11. The number of methoxy groups -OCH3 is 1. The van der Waals surface area contributed by atoms with Crippen LogP contribution in [-0.2, 0) is 9.53 Å². The molecule has 0 bridgehead atoms. The number of fused-ring (bicyclic) bond motifs is 1. The zero-order chi connectivity index (χ0) is 17.2. The van der Waals surface area contributed by atoms with Crippen LogP contribution in [0.2, 0.25) is 0 Å². The van der Waals surface area contributed by atoms with E-state index in [0.717, 1.165) is 28.2 Å². The second-order valence-corrected chi connectivity index (χ2v) is 5.61. The Balaban J connectivity index is 1.62. The van der Waals surface area contributed by atoms with Gasteiger partial charge in [-0.3, -0.25) is 0 Å². The number of nitrogens with zero attached hydrogens (tertiary/aromatic N) is 1. The van der Waals surface area contributed by atoms with Crippen LogP contribution < -0.4 is 9.47 Å². The van der Waals surface area contributed by atoms with Crippen LogP contribution in [0.3, 0.4) is 0 Å². The number of rotatable bonds is 3. The number of aliphatic imine (C=N–C) groups is 1. The molecule has 0 spiro atoms. The minimum absolute atomic E-state index is 0.264. The molecule has 2 aromatic rings. The fourth-order valence-electron chi connectivity index (χ4n) is 2.66. The van der Waals surface area contributed by atoms with Crippen LogP contribution in [0, 0.1) is 0 Å². The van der Waals surface area contributed by atoms with Crippen LogP contribution in [-0.4, -0.2) is 25.6 Å². The van der Waals surface area contributed by atoms with Crippen molar-refractivity contribution >= 4 is 17.9 Å². The third-order valence-corrected chi connectivity index (χ3v) is 3.93. The Morgan fingerprint density at radius 3 is 2.72 bits per heavy atom. The van der Waals surface area contributed by atoms with Gasteiger partial charge in [-0.05, 0) is 48.1 Å². The van der Waals surface area contributed by atoms with E-state index in [0.29, 0.717) is 6.61 Å². The summed E-state index contributed by atoms with van der Waals surface area (Å²) in [5.74, 6) is 1.39. The Kier molecular flexibility index (Phi) is 3.82. The highest BCUT2D eigenvalue weighted by atomic mass is 16.6. The standard InChI is InChI=1S/C20H15NO4/c1-23-16-8-6-14(7-9-16)19-21-17(20(22)25-19)11-13-10-15-4-2-3-5-18(15)24-12-13/h2-11H,12H2,1H3/b17-11+. The second kappa shape index (κ2) is 6.28. The van der Waals surface area contributed by atoms with E-state index < -0.39 is 5.97 Å². The summed E-state index contributed by atoms with van der Waals surface area (Å²) in [6.45, 7) is 0.390. The SMILES string of the molecule is COc1ccc(C2=N/C(=C/C3=Cc4ccccc4OC3)C(=O)O2)cc1. The van der Waals surface area contributed by atoms with Gasteiger partial charge in [0.1, 0.15) is 18.1 Å². The van der Waals surface area contributed by atoms with Crippen molar-refractivity contribution in [1.82, 2.24) is 0 Å². The molecule has 4 rings (SSSR count). The first-order valence-electron chi connectivity index (χ1n) is 7.82. The van der Waals surface area contributed by atoms with Crippen molar-refractivity contribution in [3.8, 4) is 11.5 Å². The number of cyclic esters (lactones) is 1.